The van der Waals surface area contributed by atoms with Crippen molar-refractivity contribution in [2.45, 2.75) is 13.0 Å². The molecule has 2 aliphatic rings. The lowest BCUT2D eigenvalue weighted by molar-refractivity contribution is 0.174. The van der Waals surface area contributed by atoms with Crippen molar-refractivity contribution >= 4 is 11.6 Å². The maximum absolute atomic E-state index is 9.14. The molecule has 0 aromatic heterocycles. The molecule has 1 unspecified atom stereocenters. The van der Waals surface area contributed by atoms with Crippen LogP contribution in [0.15, 0.2) is 12.1 Å². The fourth-order valence-corrected chi connectivity index (χ4v) is 2.86. The molecular formula is C13H16ClNO3. The second kappa shape index (κ2) is 4.96. The molecule has 4 nitrogen and oxygen atoms in total. The molecule has 2 aliphatic heterocycles. The summed E-state index contributed by atoms with van der Waals surface area (Å²) < 4.78 is 10.6. The van der Waals surface area contributed by atoms with Crippen molar-refractivity contribution in [1.29, 1.82) is 0 Å². The van der Waals surface area contributed by atoms with Crippen molar-refractivity contribution in [3.63, 3.8) is 0 Å². The number of aliphatic hydroxyl groups is 1. The van der Waals surface area contributed by atoms with Gasteiger partial charge in [-0.1, -0.05) is 11.6 Å². The van der Waals surface area contributed by atoms with Gasteiger partial charge in [-0.2, -0.15) is 0 Å². The first-order valence-electron chi connectivity index (χ1n) is 6.17. The van der Waals surface area contributed by atoms with E-state index in [1.165, 1.54) is 0 Å². The normalized spacial score (nSPS) is 22.7. The van der Waals surface area contributed by atoms with Gasteiger partial charge in [0.05, 0.1) is 5.02 Å². The van der Waals surface area contributed by atoms with Gasteiger partial charge in [-0.15, -0.1) is 0 Å². The van der Waals surface area contributed by atoms with Gasteiger partial charge >= 0.3 is 0 Å². The van der Waals surface area contributed by atoms with Crippen LogP contribution in [0.4, 0.5) is 0 Å². The van der Waals surface area contributed by atoms with E-state index in [4.69, 9.17) is 26.2 Å². The summed E-state index contributed by atoms with van der Waals surface area (Å²) >= 11 is 6.15. The Morgan fingerprint density at radius 2 is 2.28 bits per heavy atom. The molecule has 1 atom stereocenters. The smallest absolute Gasteiger partial charge is 0.231 e. The van der Waals surface area contributed by atoms with E-state index < -0.39 is 0 Å². The van der Waals surface area contributed by atoms with Gasteiger partial charge in [0.25, 0.3) is 0 Å². The van der Waals surface area contributed by atoms with Gasteiger partial charge in [0, 0.05) is 19.7 Å². The van der Waals surface area contributed by atoms with E-state index in [2.05, 4.69) is 4.90 Å². The predicted octanol–water partition coefficient (Wildman–Crippen LogP) is 1.88. The van der Waals surface area contributed by atoms with Crippen LogP contribution < -0.4 is 9.47 Å². The Morgan fingerprint density at radius 3 is 3.06 bits per heavy atom. The van der Waals surface area contributed by atoms with Crippen LogP contribution >= 0.6 is 11.6 Å². The zero-order valence-corrected chi connectivity index (χ0v) is 10.8. The molecule has 0 saturated carbocycles. The number of halogens is 1. The zero-order chi connectivity index (χ0) is 12.5. The summed E-state index contributed by atoms with van der Waals surface area (Å²) in [5.41, 5.74) is 1.13. The van der Waals surface area contributed by atoms with E-state index in [0.717, 1.165) is 37.4 Å². The summed E-state index contributed by atoms with van der Waals surface area (Å²) in [6, 6.07) is 3.92. The van der Waals surface area contributed by atoms with Crippen LogP contribution in [0.5, 0.6) is 11.5 Å². The van der Waals surface area contributed by atoms with Crippen LogP contribution in [-0.2, 0) is 6.54 Å². The number of fused-ring (bicyclic) bond motifs is 1. The molecule has 0 aliphatic carbocycles. The Balaban J connectivity index is 1.72. The van der Waals surface area contributed by atoms with Gasteiger partial charge in [0.1, 0.15) is 0 Å². The van der Waals surface area contributed by atoms with Gasteiger partial charge in [0.15, 0.2) is 11.5 Å². The minimum Gasteiger partial charge on any atom is -0.454 e. The Kier molecular flexibility index (Phi) is 3.33. The lowest BCUT2D eigenvalue weighted by Crippen LogP contribution is -2.20. The Morgan fingerprint density at radius 1 is 1.39 bits per heavy atom. The summed E-state index contributed by atoms with van der Waals surface area (Å²) in [4.78, 5) is 2.33. The second-order valence-corrected chi connectivity index (χ2v) is 5.29. The largest absolute Gasteiger partial charge is 0.454 e. The molecule has 3 rings (SSSR count). The SMILES string of the molecule is OCC1CCN(Cc2cc(Cl)c3c(c2)OCO3)C1. The quantitative estimate of drug-likeness (QED) is 0.910. The summed E-state index contributed by atoms with van der Waals surface area (Å²) in [7, 11) is 0. The minimum absolute atomic E-state index is 0.245. The van der Waals surface area contributed by atoms with Gasteiger partial charge < -0.3 is 14.6 Å². The third kappa shape index (κ3) is 2.28. The molecule has 1 saturated heterocycles. The van der Waals surface area contributed by atoms with Crippen LogP contribution in [0.1, 0.15) is 12.0 Å². The van der Waals surface area contributed by atoms with Crippen LogP contribution in [-0.4, -0.2) is 36.5 Å². The molecule has 1 fully saturated rings. The highest BCUT2D eigenvalue weighted by atomic mass is 35.5. The highest BCUT2D eigenvalue weighted by Crippen LogP contribution is 2.40. The minimum atomic E-state index is 0.245. The Labute approximate surface area is 111 Å². The maximum Gasteiger partial charge on any atom is 0.231 e. The predicted molar refractivity (Wildman–Crippen MR) is 68.0 cm³/mol. The molecule has 1 aromatic carbocycles. The van der Waals surface area contributed by atoms with Crippen LogP contribution in [0.3, 0.4) is 0 Å². The summed E-state index contributed by atoms with van der Waals surface area (Å²) in [6.07, 6.45) is 1.06. The first-order valence-corrected chi connectivity index (χ1v) is 6.55. The highest BCUT2D eigenvalue weighted by Gasteiger charge is 2.23. The lowest BCUT2D eigenvalue weighted by Gasteiger charge is -2.16. The number of aliphatic hydroxyl groups excluding tert-OH is 1. The highest BCUT2D eigenvalue weighted by molar-refractivity contribution is 6.32. The van der Waals surface area contributed by atoms with E-state index in [0.29, 0.717) is 16.7 Å². The molecule has 98 valence electrons. The number of nitrogens with zero attached hydrogens (tertiary/aromatic N) is 1. The number of hydrogen-bond acceptors (Lipinski definition) is 4. The first-order chi connectivity index (χ1) is 8.76. The third-order valence-electron chi connectivity index (χ3n) is 3.52. The van der Waals surface area contributed by atoms with Crippen molar-refractivity contribution in [1.82, 2.24) is 4.90 Å². The number of rotatable bonds is 3. The standard InChI is InChI=1S/C13H16ClNO3/c14-11-3-10(4-12-13(11)18-8-17-12)6-15-2-1-9(5-15)7-16/h3-4,9,16H,1-2,5-8H2. The number of likely N-dealkylation sites (tertiary alicyclic amines) is 1. The van der Waals surface area contributed by atoms with Crippen molar-refractivity contribution in [2.75, 3.05) is 26.5 Å². The van der Waals surface area contributed by atoms with Crippen molar-refractivity contribution in [3.05, 3.63) is 22.7 Å². The Hall–Kier alpha value is -0.970. The molecule has 2 heterocycles. The number of ether oxygens (including phenoxy) is 2. The molecule has 5 heteroatoms. The maximum atomic E-state index is 9.14. The van der Waals surface area contributed by atoms with E-state index in [1.54, 1.807) is 0 Å². The average molecular weight is 270 g/mol. The first kappa shape index (κ1) is 12.1. The topological polar surface area (TPSA) is 41.9 Å². The van der Waals surface area contributed by atoms with Crippen molar-refractivity contribution in [3.8, 4) is 11.5 Å². The monoisotopic (exact) mass is 269 g/mol. The summed E-state index contributed by atoms with van der Waals surface area (Å²) in [5, 5.41) is 9.75. The zero-order valence-electron chi connectivity index (χ0n) is 10.1. The van der Waals surface area contributed by atoms with Gasteiger partial charge in [-0.05, 0) is 36.6 Å². The van der Waals surface area contributed by atoms with Crippen LogP contribution in [0, 0.1) is 5.92 Å². The molecule has 0 radical (unpaired) electrons. The van der Waals surface area contributed by atoms with Gasteiger partial charge in [-0.25, -0.2) is 0 Å². The van der Waals surface area contributed by atoms with E-state index in [-0.39, 0.29) is 13.4 Å². The molecular weight excluding hydrogens is 254 g/mol. The molecule has 0 amide bonds. The molecule has 1 aromatic rings. The van der Waals surface area contributed by atoms with E-state index in [9.17, 15) is 0 Å². The van der Waals surface area contributed by atoms with E-state index in [1.807, 2.05) is 12.1 Å². The van der Waals surface area contributed by atoms with E-state index >= 15 is 0 Å². The van der Waals surface area contributed by atoms with Gasteiger partial charge in [-0.3, -0.25) is 4.90 Å². The lowest BCUT2D eigenvalue weighted by atomic mass is 10.1. The molecule has 18 heavy (non-hydrogen) atoms. The molecule has 1 N–H and O–H groups in total. The van der Waals surface area contributed by atoms with Crippen LogP contribution in [0.2, 0.25) is 5.02 Å². The number of hydrogen-bond donors (Lipinski definition) is 1. The van der Waals surface area contributed by atoms with Crippen LogP contribution in [0.25, 0.3) is 0 Å². The van der Waals surface area contributed by atoms with Crippen molar-refractivity contribution in [2.24, 2.45) is 5.92 Å². The van der Waals surface area contributed by atoms with Gasteiger partial charge in [0.2, 0.25) is 6.79 Å². The molecule has 0 spiro atoms. The second-order valence-electron chi connectivity index (χ2n) is 4.88. The Bertz CT molecular complexity index is 452. The summed E-state index contributed by atoms with van der Waals surface area (Å²) in [5.74, 6) is 1.79. The third-order valence-corrected chi connectivity index (χ3v) is 3.80. The van der Waals surface area contributed by atoms with Crippen molar-refractivity contribution < 1.29 is 14.6 Å². The fourth-order valence-electron chi connectivity index (χ4n) is 2.58. The molecule has 0 bridgehead atoms. The fraction of sp³-hybridized carbons (Fsp3) is 0.538. The number of benzene rings is 1. The summed E-state index contributed by atoms with van der Waals surface area (Å²) in [6.45, 7) is 3.33. The average Bonchev–Trinajstić information content (AvgIpc) is 2.97.